The van der Waals surface area contributed by atoms with Crippen molar-refractivity contribution in [2.75, 3.05) is 20.3 Å². The SMILES string of the molecule is CCCC[C@H](N)c1nc(C2(OC)CCOCC2)no1. The second kappa shape index (κ2) is 6.45. The average molecular weight is 269 g/mol. The summed E-state index contributed by atoms with van der Waals surface area (Å²) in [4.78, 5) is 4.45. The van der Waals surface area contributed by atoms with Crippen LogP contribution in [-0.2, 0) is 15.1 Å². The molecule has 0 spiro atoms. The van der Waals surface area contributed by atoms with Crippen LogP contribution in [0.3, 0.4) is 0 Å². The maximum atomic E-state index is 6.05. The monoisotopic (exact) mass is 269 g/mol. The fourth-order valence-electron chi connectivity index (χ4n) is 2.34. The molecule has 2 heterocycles. The highest BCUT2D eigenvalue weighted by atomic mass is 16.5. The van der Waals surface area contributed by atoms with Gasteiger partial charge in [-0.1, -0.05) is 24.9 Å². The van der Waals surface area contributed by atoms with Gasteiger partial charge in [0.25, 0.3) is 0 Å². The number of aromatic nitrogens is 2. The zero-order valence-corrected chi connectivity index (χ0v) is 11.7. The van der Waals surface area contributed by atoms with Crippen LogP contribution in [0.2, 0.25) is 0 Å². The van der Waals surface area contributed by atoms with Crippen molar-refractivity contribution in [2.24, 2.45) is 5.73 Å². The van der Waals surface area contributed by atoms with Gasteiger partial charge in [-0.3, -0.25) is 0 Å². The zero-order valence-electron chi connectivity index (χ0n) is 11.7. The number of rotatable bonds is 6. The maximum Gasteiger partial charge on any atom is 0.243 e. The lowest BCUT2D eigenvalue weighted by Gasteiger charge is -2.32. The smallest absolute Gasteiger partial charge is 0.243 e. The molecule has 6 nitrogen and oxygen atoms in total. The Hall–Kier alpha value is -0.980. The van der Waals surface area contributed by atoms with Crippen molar-refractivity contribution in [3.8, 4) is 0 Å². The van der Waals surface area contributed by atoms with Crippen molar-refractivity contribution in [3.05, 3.63) is 11.7 Å². The topological polar surface area (TPSA) is 83.4 Å². The molecule has 1 saturated heterocycles. The first-order valence-electron chi connectivity index (χ1n) is 6.94. The number of ether oxygens (including phenoxy) is 2. The molecule has 0 aromatic carbocycles. The van der Waals surface area contributed by atoms with Gasteiger partial charge in [0.2, 0.25) is 11.7 Å². The van der Waals surface area contributed by atoms with E-state index in [9.17, 15) is 0 Å². The van der Waals surface area contributed by atoms with Gasteiger partial charge in [-0.05, 0) is 6.42 Å². The van der Waals surface area contributed by atoms with Crippen LogP contribution in [0.25, 0.3) is 0 Å². The molecule has 1 fully saturated rings. The van der Waals surface area contributed by atoms with Gasteiger partial charge in [0.05, 0.1) is 6.04 Å². The first-order chi connectivity index (χ1) is 9.22. The van der Waals surface area contributed by atoms with Gasteiger partial charge in [-0.2, -0.15) is 4.98 Å². The second-order valence-electron chi connectivity index (χ2n) is 5.02. The molecule has 1 aliphatic rings. The van der Waals surface area contributed by atoms with Crippen LogP contribution < -0.4 is 5.73 Å². The highest BCUT2D eigenvalue weighted by molar-refractivity contribution is 5.04. The molecule has 108 valence electrons. The lowest BCUT2D eigenvalue weighted by Crippen LogP contribution is -2.36. The summed E-state index contributed by atoms with van der Waals surface area (Å²) in [6.07, 6.45) is 4.51. The average Bonchev–Trinajstić information content (AvgIpc) is 2.96. The molecular formula is C13H23N3O3. The number of methoxy groups -OCH3 is 1. The third-order valence-electron chi connectivity index (χ3n) is 3.73. The number of hydrogen-bond donors (Lipinski definition) is 1. The first-order valence-corrected chi connectivity index (χ1v) is 6.94. The molecule has 1 aliphatic heterocycles. The summed E-state index contributed by atoms with van der Waals surface area (Å²) in [5.74, 6) is 1.10. The van der Waals surface area contributed by atoms with Crippen LogP contribution in [0.5, 0.6) is 0 Å². The van der Waals surface area contributed by atoms with E-state index >= 15 is 0 Å². The van der Waals surface area contributed by atoms with Crippen LogP contribution >= 0.6 is 0 Å². The van der Waals surface area contributed by atoms with E-state index in [2.05, 4.69) is 17.1 Å². The summed E-state index contributed by atoms with van der Waals surface area (Å²) < 4.78 is 16.3. The van der Waals surface area contributed by atoms with E-state index in [4.69, 9.17) is 19.7 Å². The van der Waals surface area contributed by atoms with E-state index in [-0.39, 0.29) is 6.04 Å². The van der Waals surface area contributed by atoms with Gasteiger partial charge in [0, 0.05) is 33.2 Å². The van der Waals surface area contributed by atoms with Crippen LogP contribution in [0.15, 0.2) is 4.52 Å². The van der Waals surface area contributed by atoms with E-state index in [1.54, 1.807) is 7.11 Å². The molecule has 19 heavy (non-hydrogen) atoms. The lowest BCUT2D eigenvalue weighted by atomic mass is 9.93. The van der Waals surface area contributed by atoms with Gasteiger partial charge in [0.1, 0.15) is 5.60 Å². The van der Waals surface area contributed by atoms with E-state index < -0.39 is 5.60 Å². The Balaban J connectivity index is 2.10. The number of nitrogens with two attached hydrogens (primary N) is 1. The van der Waals surface area contributed by atoms with Crippen molar-refractivity contribution in [1.29, 1.82) is 0 Å². The zero-order chi connectivity index (χ0) is 13.7. The fraction of sp³-hybridized carbons (Fsp3) is 0.846. The molecule has 6 heteroatoms. The van der Waals surface area contributed by atoms with Crippen LogP contribution in [0.4, 0.5) is 0 Å². The minimum absolute atomic E-state index is 0.185. The fourth-order valence-corrected chi connectivity index (χ4v) is 2.34. The quantitative estimate of drug-likeness (QED) is 0.849. The Labute approximate surface area is 113 Å². The summed E-state index contributed by atoms with van der Waals surface area (Å²) in [5.41, 5.74) is 5.57. The van der Waals surface area contributed by atoms with Gasteiger partial charge in [-0.15, -0.1) is 0 Å². The molecule has 0 bridgehead atoms. The molecule has 2 N–H and O–H groups in total. The van der Waals surface area contributed by atoms with Crippen LogP contribution in [-0.4, -0.2) is 30.5 Å². The predicted molar refractivity (Wildman–Crippen MR) is 69.5 cm³/mol. The van der Waals surface area contributed by atoms with E-state index in [1.807, 2.05) is 0 Å². The van der Waals surface area contributed by atoms with E-state index in [0.717, 1.165) is 32.1 Å². The molecule has 0 amide bonds. The van der Waals surface area contributed by atoms with Crippen molar-refractivity contribution < 1.29 is 14.0 Å². The maximum absolute atomic E-state index is 6.05. The third kappa shape index (κ3) is 3.13. The molecule has 0 unspecified atom stereocenters. The Kier molecular flexibility index (Phi) is 4.90. The third-order valence-corrected chi connectivity index (χ3v) is 3.73. The molecule has 0 aliphatic carbocycles. The van der Waals surface area contributed by atoms with Gasteiger partial charge in [-0.25, -0.2) is 0 Å². The summed E-state index contributed by atoms with van der Waals surface area (Å²) >= 11 is 0. The Morgan fingerprint density at radius 2 is 2.16 bits per heavy atom. The van der Waals surface area contributed by atoms with Crippen molar-refractivity contribution in [2.45, 2.75) is 50.7 Å². The minimum Gasteiger partial charge on any atom is -0.381 e. The van der Waals surface area contributed by atoms with Crippen molar-refractivity contribution >= 4 is 0 Å². The summed E-state index contributed by atoms with van der Waals surface area (Å²) in [6.45, 7) is 3.44. The van der Waals surface area contributed by atoms with Gasteiger partial charge in [0.15, 0.2) is 0 Å². The Bertz CT molecular complexity index is 388. The molecule has 0 saturated carbocycles. The molecular weight excluding hydrogens is 246 g/mol. The molecule has 0 radical (unpaired) electrons. The molecule has 1 atom stereocenters. The number of unbranched alkanes of at least 4 members (excludes halogenated alkanes) is 1. The second-order valence-corrected chi connectivity index (χ2v) is 5.02. The minimum atomic E-state index is -0.482. The summed E-state index contributed by atoms with van der Waals surface area (Å²) in [6, 6.07) is -0.185. The largest absolute Gasteiger partial charge is 0.381 e. The van der Waals surface area contributed by atoms with Crippen molar-refractivity contribution in [1.82, 2.24) is 10.1 Å². The Morgan fingerprint density at radius 3 is 2.79 bits per heavy atom. The summed E-state index contributed by atoms with van der Waals surface area (Å²) in [7, 11) is 1.68. The number of nitrogens with zero attached hydrogens (tertiary/aromatic N) is 2. The van der Waals surface area contributed by atoms with E-state index in [1.165, 1.54) is 0 Å². The standard InChI is InChI=1S/C13H23N3O3/c1-3-4-5-10(14)11-15-12(16-19-11)13(17-2)6-8-18-9-7-13/h10H,3-9,14H2,1-2H3/t10-/m0/s1. The lowest BCUT2D eigenvalue weighted by molar-refractivity contribution is -0.101. The Morgan fingerprint density at radius 1 is 1.42 bits per heavy atom. The first kappa shape index (κ1) is 14.4. The van der Waals surface area contributed by atoms with E-state index in [0.29, 0.717) is 24.9 Å². The highest BCUT2D eigenvalue weighted by Gasteiger charge is 2.39. The van der Waals surface area contributed by atoms with Gasteiger partial charge >= 0.3 is 0 Å². The molecule has 1 aromatic rings. The van der Waals surface area contributed by atoms with Crippen LogP contribution in [0.1, 0.15) is 56.8 Å². The van der Waals surface area contributed by atoms with Crippen molar-refractivity contribution in [3.63, 3.8) is 0 Å². The van der Waals surface area contributed by atoms with Gasteiger partial charge < -0.3 is 19.7 Å². The predicted octanol–water partition coefficient (Wildman–Crippen LogP) is 1.91. The normalized spacial score (nSPS) is 20.4. The van der Waals surface area contributed by atoms with Crippen LogP contribution in [0, 0.1) is 0 Å². The highest BCUT2D eigenvalue weighted by Crippen LogP contribution is 2.34. The molecule has 1 aromatic heterocycles. The molecule has 2 rings (SSSR count). The summed E-state index contributed by atoms with van der Waals surface area (Å²) in [5, 5.41) is 4.07. The number of hydrogen-bond acceptors (Lipinski definition) is 6.